The van der Waals surface area contributed by atoms with Crippen LogP contribution in [0.5, 0.6) is 11.6 Å². The van der Waals surface area contributed by atoms with Crippen LogP contribution in [-0.2, 0) is 6.54 Å². The SMILES string of the molecule is NCc1cc(Br)cnc1Oc1cccc(F)c1F. The number of halogens is 3. The van der Waals surface area contributed by atoms with E-state index in [1.165, 1.54) is 18.3 Å². The molecule has 2 rings (SSSR count). The van der Waals surface area contributed by atoms with Gasteiger partial charge in [-0.25, -0.2) is 9.37 Å². The monoisotopic (exact) mass is 314 g/mol. The molecule has 94 valence electrons. The first-order chi connectivity index (χ1) is 8.61. The molecule has 0 amide bonds. The van der Waals surface area contributed by atoms with Crippen molar-refractivity contribution in [1.29, 1.82) is 0 Å². The third-order valence-corrected chi connectivity index (χ3v) is 2.67. The lowest BCUT2D eigenvalue weighted by molar-refractivity contribution is 0.402. The highest BCUT2D eigenvalue weighted by Crippen LogP contribution is 2.28. The van der Waals surface area contributed by atoms with Crippen LogP contribution in [0.3, 0.4) is 0 Å². The molecule has 6 heteroatoms. The van der Waals surface area contributed by atoms with Crippen LogP contribution in [0.2, 0.25) is 0 Å². The molecule has 0 aliphatic heterocycles. The van der Waals surface area contributed by atoms with Crippen molar-refractivity contribution in [3.8, 4) is 11.6 Å². The van der Waals surface area contributed by atoms with E-state index in [9.17, 15) is 8.78 Å². The van der Waals surface area contributed by atoms with Gasteiger partial charge in [-0.1, -0.05) is 6.07 Å². The molecule has 3 nitrogen and oxygen atoms in total. The quantitative estimate of drug-likeness (QED) is 0.945. The Bertz CT molecular complexity index is 578. The number of hydrogen-bond acceptors (Lipinski definition) is 3. The van der Waals surface area contributed by atoms with Gasteiger partial charge in [0.25, 0.3) is 0 Å². The molecule has 0 bridgehead atoms. The van der Waals surface area contributed by atoms with Crippen molar-refractivity contribution >= 4 is 15.9 Å². The van der Waals surface area contributed by atoms with Gasteiger partial charge in [0.2, 0.25) is 11.7 Å². The van der Waals surface area contributed by atoms with Gasteiger partial charge in [-0.15, -0.1) is 0 Å². The Hall–Kier alpha value is -1.53. The summed E-state index contributed by atoms with van der Waals surface area (Å²) in [6.07, 6.45) is 1.49. The molecule has 0 spiro atoms. The number of nitrogens with zero attached hydrogens (tertiary/aromatic N) is 1. The number of hydrogen-bond donors (Lipinski definition) is 1. The summed E-state index contributed by atoms with van der Waals surface area (Å²) in [5, 5.41) is 0. The van der Waals surface area contributed by atoms with E-state index in [1.807, 2.05) is 0 Å². The topological polar surface area (TPSA) is 48.1 Å². The third kappa shape index (κ3) is 2.65. The highest BCUT2D eigenvalue weighted by Gasteiger charge is 2.12. The summed E-state index contributed by atoms with van der Waals surface area (Å²) >= 11 is 3.24. The second-order valence-corrected chi connectivity index (χ2v) is 4.39. The highest BCUT2D eigenvalue weighted by atomic mass is 79.9. The van der Waals surface area contributed by atoms with E-state index in [0.717, 1.165) is 10.5 Å². The minimum atomic E-state index is -1.05. The zero-order valence-corrected chi connectivity index (χ0v) is 10.7. The lowest BCUT2D eigenvalue weighted by atomic mass is 10.2. The van der Waals surface area contributed by atoms with Crippen molar-refractivity contribution in [2.75, 3.05) is 0 Å². The molecule has 0 fully saturated rings. The van der Waals surface area contributed by atoms with Crippen LogP contribution < -0.4 is 10.5 Å². The molecule has 0 saturated heterocycles. The predicted molar refractivity (Wildman–Crippen MR) is 66.3 cm³/mol. The maximum Gasteiger partial charge on any atom is 0.223 e. The molecule has 2 N–H and O–H groups in total. The van der Waals surface area contributed by atoms with Gasteiger partial charge < -0.3 is 10.5 Å². The molecule has 0 atom stereocenters. The van der Waals surface area contributed by atoms with Crippen molar-refractivity contribution < 1.29 is 13.5 Å². The van der Waals surface area contributed by atoms with E-state index in [4.69, 9.17) is 10.5 Å². The Morgan fingerprint density at radius 3 is 2.83 bits per heavy atom. The molecule has 1 heterocycles. The van der Waals surface area contributed by atoms with Crippen molar-refractivity contribution in [2.24, 2.45) is 5.73 Å². The average Bonchev–Trinajstić information content (AvgIpc) is 2.37. The zero-order valence-electron chi connectivity index (χ0n) is 9.16. The van der Waals surface area contributed by atoms with Gasteiger partial charge in [0.1, 0.15) is 0 Å². The van der Waals surface area contributed by atoms with Gasteiger partial charge in [0, 0.05) is 22.8 Å². The number of benzene rings is 1. The summed E-state index contributed by atoms with van der Waals surface area (Å²) in [5.41, 5.74) is 6.12. The van der Waals surface area contributed by atoms with Gasteiger partial charge in [0.05, 0.1) is 0 Å². The molecule has 1 aromatic carbocycles. The normalized spacial score (nSPS) is 10.4. The van der Waals surface area contributed by atoms with E-state index in [2.05, 4.69) is 20.9 Å². The van der Waals surface area contributed by atoms with Gasteiger partial charge in [-0.05, 0) is 34.1 Å². The van der Waals surface area contributed by atoms with Gasteiger partial charge in [-0.2, -0.15) is 4.39 Å². The minimum Gasteiger partial charge on any atom is -0.435 e. The van der Waals surface area contributed by atoms with Crippen LogP contribution >= 0.6 is 15.9 Å². The number of rotatable bonds is 3. The molecular formula is C12H9BrF2N2O. The van der Waals surface area contributed by atoms with E-state index in [1.54, 1.807) is 6.07 Å². The molecule has 1 aromatic heterocycles. The molecule has 18 heavy (non-hydrogen) atoms. The Balaban J connectivity index is 2.37. The van der Waals surface area contributed by atoms with Crippen LogP contribution in [0.1, 0.15) is 5.56 Å². The smallest absolute Gasteiger partial charge is 0.223 e. The number of nitrogens with two attached hydrogens (primary N) is 1. The average molecular weight is 315 g/mol. The zero-order chi connectivity index (χ0) is 13.1. The maximum atomic E-state index is 13.4. The summed E-state index contributed by atoms with van der Waals surface area (Å²) in [6.45, 7) is 0.179. The lowest BCUT2D eigenvalue weighted by Gasteiger charge is -2.09. The van der Waals surface area contributed by atoms with E-state index < -0.39 is 11.6 Å². The fourth-order valence-corrected chi connectivity index (χ4v) is 1.75. The largest absolute Gasteiger partial charge is 0.435 e. The summed E-state index contributed by atoms with van der Waals surface area (Å²) in [4.78, 5) is 3.98. The summed E-state index contributed by atoms with van der Waals surface area (Å²) < 4.78 is 32.4. The first-order valence-electron chi connectivity index (χ1n) is 5.08. The predicted octanol–water partition coefficient (Wildman–Crippen LogP) is 3.37. The Morgan fingerprint density at radius 2 is 2.11 bits per heavy atom. The Morgan fingerprint density at radius 1 is 1.33 bits per heavy atom. The molecule has 2 aromatic rings. The third-order valence-electron chi connectivity index (χ3n) is 2.23. The number of pyridine rings is 1. The van der Waals surface area contributed by atoms with Crippen LogP contribution in [0.4, 0.5) is 8.78 Å². The van der Waals surface area contributed by atoms with Gasteiger partial charge in [-0.3, -0.25) is 0 Å². The van der Waals surface area contributed by atoms with Crippen LogP contribution in [0.15, 0.2) is 34.9 Å². The van der Waals surface area contributed by atoms with E-state index in [-0.39, 0.29) is 18.2 Å². The van der Waals surface area contributed by atoms with Gasteiger partial charge >= 0.3 is 0 Å². The number of ether oxygens (including phenoxy) is 1. The minimum absolute atomic E-state index is 0.158. The first kappa shape index (κ1) is 12.9. The summed E-state index contributed by atoms with van der Waals surface area (Å²) in [5.74, 6) is -2.09. The second-order valence-electron chi connectivity index (χ2n) is 3.48. The van der Waals surface area contributed by atoms with Crippen LogP contribution in [0, 0.1) is 11.6 Å². The Kier molecular flexibility index (Phi) is 3.88. The fourth-order valence-electron chi connectivity index (χ4n) is 1.37. The van der Waals surface area contributed by atoms with Crippen molar-refractivity contribution in [3.05, 3.63) is 52.1 Å². The molecule has 0 radical (unpaired) electrons. The lowest BCUT2D eigenvalue weighted by Crippen LogP contribution is -2.02. The van der Waals surface area contributed by atoms with Crippen LogP contribution in [-0.4, -0.2) is 4.98 Å². The fraction of sp³-hybridized carbons (Fsp3) is 0.0833. The maximum absolute atomic E-state index is 13.4. The molecule has 0 aliphatic carbocycles. The van der Waals surface area contributed by atoms with Crippen LogP contribution in [0.25, 0.3) is 0 Å². The summed E-state index contributed by atoms with van der Waals surface area (Å²) in [7, 11) is 0. The van der Waals surface area contributed by atoms with E-state index >= 15 is 0 Å². The standard InChI is InChI=1S/C12H9BrF2N2O/c13-8-4-7(5-16)12(17-6-8)18-10-3-1-2-9(14)11(10)15/h1-4,6H,5,16H2. The van der Waals surface area contributed by atoms with Crippen molar-refractivity contribution in [2.45, 2.75) is 6.54 Å². The molecule has 0 unspecified atom stereocenters. The first-order valence-corrected chi connectivity index (χ1v) is 5.87. The number of aromatic nitrogens is 1. The van der Waals surface area contributed by atoms with Crippen molar-refractivity contribution in [3.63, 3.8) is 0 Å². The highest BCUT2D eigenvalue weighted by molar-refractivity contribution is 9.10. The summed E-state index contributed by atoms with van der Waals surface area (Å²) in [6, 6.07) is 5.40. The Labute approximate surface area is 111 Å². The van der Waals surface area contributed by atoms with E-state index in [0.29, 0.717) is 5.56 Å². The molecular weight excluding hydrogens is 306 g/mol. The van der Waals surface area contributed by atoms with Gasteiger partial charge in [0.15, 0.2) is 11.6 Å². The van der Waals surface area contributed by atoms with Crippen molar-refractivity contribution in [1.82, 2.24) is 4.98 Å². The second kappa shape index (κ2) is 5.41. The molecule has 0 aliphatic rings. The molecule has 0 saturated carbocycles.